The van der Waals surface area contributed by atoms with Gasteiger partial charge in [0.15, 0.2) is 11.6 Å². The summed E-state index contributed by atoms with van der Waals surface area (Å²) in [4.78, 5) is 13.0. The first-order chi connectivity index (χ1) is 9.70. The van der Waals surface area contributed by atoms with Crippen molar-refractivity contribution in [1.82, 2.24) is 19.5 Å². The smallest absolute Gasteiger partial charge is 0.163 e. The Bertz CT molecular complexity index is 765. The fraction of sp³-hybridized carbons (Fsp3) is 0.214. The van der Waals surface area contributed by atoms with Crippen molar-refractivity contribution in [3.63, 3.8) is 0 Å². The molecule has 2 aromatic heterocycles. The lowest BCUT2D eigenvalue weighted by molar-refractivity contribution is 0.702. The summed E-state index contributed by atoms with van der Waals surface area (Å²) in [6, 6.07) is 5.68. The van der Waals surface area contributed by atoms with Crippen LogP contribution < -0.4 is 5.73 Å². The van der Waals surface area contributed by atoms with Gasteiger partial charge in [-0.2, -0.15) is 0 Å². The van der Waals surface area contributed by atoms with Crippen molar-refractivity contribution in [3.8, 4) is 11.5 Å². The first-order valence-electron chi connectivity index (χ1n) is 6.43. The fourth-order valence-electron chi connectivity index (χ4n) is 2.25. The van der Waals surface area contributed by atoms with Crippen molar-refractivity contribution in [2.75, 3.05) is 5.73 Å². The third kappa shape index (κ3) is 2.10. The van der Waals surface area contributed by atoms with Gasteiger partial charge in [0.05, 0.1) is 11.0 Å². The minimum atomic E-state index is 0.381. The van der Waals surface area contributed by atoms with Crippen molar-refractivity contribution in [1.29, 1.82) is 0 Å². The Morgan fingerprint density at radius 1 is 1.25 bits per heavy atom. The molecule has 0 spiro atoms. The second-order valence-electron chi connectivity index (χ2n) is 4.51. The van der Waals surface area contributed by atoms with Crippen LogP contribution in [0.1, 0.15) is 13.3 Å². The number of hydrogen-bond donors (Lipinski definition) is 1. The Labute approximate surface area is 121 Å². The predicted octanol–water partition coefficient (Wildman–Crippen LogP) is 3.14. The van der Waals surface area contributed by atoms with Crippen molar-refractivity contribution in [2.24, 2.45) is 0 Å². The molecule has 3 rings (SSSR count). The summed E-state index contributed by atoms with van der Waals surface area (Å²) in [5.74, 6) is 1.11. The van der Waals surface area contributed by atoms with Gasteiger partial charge in [0.25, 0.3) is 0 Å². The third-order valence-corrected chi connectivity index (χ3v) is 3.33. The minimum Gasteiger partial charge on any atom is -0.382 e. The highest BCUT2D eigenvalue weighted by Gasteiger charge is 2.16. The predicted molar refractivity (Wildman–Crippen MR) is 80.5 cm³/mol. The minimum absolute atomic E-state index is 0.381. The zero-order valence-electron chi connectivity index (χ0n) is 11.0. The maximum atomic E-state index is 6.03. The van der Waals surface area contributed by atoms with Crippen LogP contribution >= 0.6 is 11.6 Å². The molecule has 0 saturated carbocycles. The first kappa shape index (κ1) is 12.9. The normalized spacial score (nSPS) is 11.1. The van der Waals surface area contributed by atoms with E-state index < -0.39 is 0 Å². The summed E-state index contributed by atoms with van der Waals surface area (Å²) in [6.45, 7) is 2.95. The monoisotopic (exact) mass is 287 g/mol. The summed E-state index contributed by atoms with van der Waals surface area (Å²) in [5, 5.41) is 0.664. The topological polar surface area (TPSA) is 69.6 Å². The SMILES string of the molecule is CCCn1c(-c2nccnc2N)nc2cc(Cl)ccc21. The fourth-order valence-corrected chi connectivity index (χ4v) is 2.42. The van der Waals surface area contributed by atoms with Crippen LogP contribution in [0.5, 0.6) is 0 Å². The molecular formula is C14H14ClN5. The lowest BCUT2D eigenvalue weighted by Gasteiger charge is -2.08. The molecule has 0 aliphatic heterocycles. The molecule has 0 aliphatic carbocycles. The Kier molecular flexibility index (Phi) is 3.28. The number of aromatic nitrogens is 4. The van der Waals surface area contributed by atoms with E-state index in [2.05, 4.69) is 26.4 Å². The van der Waals surface area contributed by atoms with Crippen molar-refractivity contribution in [3.05, 3.63) is 35.6 Å². The number of nitrogen functional groups attached to an aromatic ring is 1. The highest BCUT2D eigenvalue weighted by atomic mass is 35.5. The molecule has 0 atom stereocenters. The molecule has 0 unspecified atom stereocenters. The highest BCUT2D eigenvalue weighted by Crippen LogP contribution is 2.27. The van der Waals surface area contributed by atoms with Crippen LogP contribution in [0.15, 0.2) is 30.6 Å². The van der Waals surface area contributed by atoms with Gasteiger partial charge in [-0.1, -0.05) is 18.5 Å². The average Bonchev–Trinajstić information content (AvgIpc) is 2.77. The zero-order valence-corrected chi connectivity index (χ0v) is 11.8. The molecule has 5 nitrogen and oxygen atoms in total. The van der Waals surface area contributed by atoms with E-state index in [1.165, 1.54) is 0 Å². The van der Waals surface area contributed by atoms with Crippen molar-refractivity contribution < 1.29 is 0 Å². The lowest BCUT2D eigenvalue weighted by Crippen LogP contribution is -2.04. The Hall–Kier alpha value is -2.14. The average molecular weight is 288 g/mol. The van der Waals surface area contributed by atoms with Crippen LogP contribution in [0.4, 0.5) is 5.82 Å². The molecule has 0 saturated heterocycles. The van der Waals surface area contributed by atoms with Crippen molar-refractivity contribution in [2.45, 2.75) is 19.9 Å². The number of halogens is 1. The zero-order chi connectivity index (χ0) is 14.1. The summed E-state index contributed by atoms with van der Waals surface area (Å²) in [7, 11) is 0. The first-order valence-corrected chi connectivity index (χ1v) is 6.81. The van der Waals surface area contributed by atoms with E-state index in [9.17, 15) is 0 Å². The molecule has 3 aromatic rings. The van der Waals surface area contributed by atoms with E-state index in [4.69, 9.17) is 17.3 Å². The molecule has 2 N–H and O–H groups in total. The Balaban J connectivity index is 2.29. The van der Waals surface area contributed by atoms with Crippen LogP contribution in [-0.4, -0.2) is 19.5 Å². The summed E-state index contributed by atoms with van der Waals surface area (Å²) in [5.41, 5.74) is 8.38. The Morgan fingerprint density at radius 3 is 2.80 bits per heavy atom. The number of nitrogens with two attached hydrogens (primary N) is 1. The van der Waals surface area contributed by atoms with Crippen LogP contribution in [0.3, 0.4) is 0 Å². The molecule has 1 aromatic carbocycles. The number of hydrogen-bond acceptors (Lipinski definition) is 4. The summed E-state index contributed by atoms with van der Waals surface area (Å²) >= 11 is 6.03. The number of benzene rings is 1. The number of imidazole rings is 1. The molecule has 6 heteroatoms. The maximum Gasteiger partial charge on any atom is 0.163 e. The van der Waals surface area contributed by atoms with E-state index in [-0.39, 0.29) is 0 Å². The largest absolute Gasteiger partial charge is 0.382 e. The quantitative estimate of drug-likeness (QED) is 0.803. The Morgan fingerprint density at radius 2 is 2.05 bits per heavy atom. The third-order valence-electron chi connectivity index (χ3n) is 3.10. The number of fused-ring (bicyclic) bond motifs is 1. The molecule has 102 valence electrons. The molecule has 2 heterocycles. The van der Waals surface area contributed by atoms with Crippen LogP contribution in [-0.2, 0) is 6.54 Å². The molecule has 0 radical (unpaired) electrons. The van der Waals surface area contributed by atoms with E-state index >= 15 is 0 Å². The van der Waals surface area contributed by atoms with Gasteiger partial charge < -0.3 is 10.3 Å². The van der Waals surface area contributed by atoms with Crippen LogP contribution in [0, 0.1) is 0 Å². The standard InChI is InChI=1S/C14H14ClN5/c1-2-7-20-11-4-3-9(15)8-10(11)19-14(20)12-13(16)18-6-5-17-12/h3-6,8H,2,7H2,1H3,(H2,16,18). The molecule has 0 aliphatic rings. The van der Waals surface area contributed by atoms with Gasteiger partial charge in [0, 0.05) is 24.0 Å². The van der Waals surface area contributed by atoms with Gasteiger partial charge in [-0.05, 0) is 24.6 Å². The number of rotatable bonds is 3. The van der Waals surface area contributed by atoms with Gasteiger partial charge >= 0.3 is 0 Å². The van der Waals surface area contributed by atoms with E-state index in [1.807, 2.05) is 18.2 Å². The number of aryl methyl sites for hydroxylation is 1. The highest BCUT2D eigenvalue weighted by molar-refractivity contribution is 6.31. The summed E-state index contributed by atoms with van der Waals surface area (Å²) < 4.78 is 2.10. The van der Waals surface area contributed by atoms with Crippen LogP contribution in [0.25, 0.3) is 22.6 Å². The van der Waals surface area contributed by atoms with Gasteiger partial charge in [0.1, 0.15) is 5.69 Å². The molecule has 0 fully saturated rings. The molecule has 20 heavy (non-hydrogen) atoms. The second-order valence-corrected chi connectivity index (χ2v) is 4.95. The number of nitrogens with zero attached hydrogens (tertiary/aromatic N) is 4. The molecule has 0 bridgehead atoms. The van der Waals surface area contributed by atoms with E-state index in [1.54, 1.807) is 12.4 Å². The van der Waals surface area contributed by atoms with Gasteiger partial charge in [-0.25, -0.2) is 15.0 Å². The van der Waals surface area contributed by atoms with Crippen LogP contribution in [0.2, 0.25) is 5.02 Å². The van der Waals surface area contributed by atoms with Gasteiger partial charge in [0.2, 0.25) is 0 Å². The second kappa shape index (κ2) is 5.09. The maximum absolute atomic E-state index is 6.03. The number of anilines is 1. The van der Waals surface area contributed by atoms with Gasteiger partial charge in [-0.15, -0.1) is 0 Å². The van der Waals surface area contributed by atoms with Crippen molar-refractivity contribution >= 4 is 28.5 Å². The van der Waals surface area contributed by atoms with E-state index in [0.29, 0.717) is 16.5 Å². The molecule has 0 amide bonds. The van der Waals surface area contributed by atoms with Gasteiger partial charge in [-0.3, -0.25) is 0 Å². The van der Waals surface area contributed by atoms with E-state index in [0.717, 1.165) is 29.8 Å². The summed E-state index contributed by atoms with van der Waals surface area (Å²) in [6.07, 6.45) is 4.18. The lowest BCUT2D eigenvalue weighted by atomic mass is 10.3. The molecular weight excluding hydrogens is 274 g/mol.